The topological polar surface area (TPSA) is 150 Å². The third-order valence-electron chi connectivity index (χ3n) is 0.769. The second kappa shape index (κ2) is 10.1. The monoisotopic (exact) mass is 245 g/mol. The van der Waals surface area contributed by atoms with Crippen LogP contribution in [-0.2, 0) is 15.0 Å². The molecule has 0 rings (SSSR count). The van der Waals surface area contributed by atoms with Crippen LogP contribution >= 0.6 is 0 Å². The molecule has 0 aliphatic carbocycles. The van der Waals surface area contributed by atoms with Gasteiger partial charge in [-0.1, -0.05) is 0 Å². The molecular weight excluding hydrogens is 239 g/mol. The van der Waals surface area contributed by atoms with Gasteiger partial charge >= 0.3 is 29.6 Å². The van der Waals surface area contributed by atoms with Crippen molar-refractivity contribution in [1.29, 1.82) is 0 Å². The Morgan fingerprint density at radius 3 is 2.67 bits per heavy atom. The van der Waals surface area contributed by atoms with Gasteiger partial charge in [0.2, 0.25) is 6.40 Å². The molecule has 0 heterocycles. The fraction of sp³-hybridized carbons (Fsp3) is 0.667. The smallest absolute Gasteiger partial charge is 0.748 e. The van der Waals surface area contributed by atoms with Crippen molar-refractivity contribution in [1.82, 2.24) is 5.48 Å². The molecule has 0 radical (unpaired) electrons. The molecule has 0 bridgehead atoms. The maximum absolute atomic E-state index is 10.0. The Labute approximate surface area is 108 Å². The van der Waals surface area contributed by atoms with E-state index in [-0.39, 0.29) is 36.1 Å². The Morgan fingerprint density at radius 2 is 2.13 bits per heavy atom. The third-order valence-corrected chi connectivity index (χ3v) is 1.47. The average molecular weight is 245 g/mol. The molecule has 0 fully saturated rings. The van der Waals surface area contributed by atoms with Gasteiger partial charge in [-0.25, -0.2) is 13.6 Å². The molecule has 0 spiro atoms. The van der Waals surface area contributed by atoms with E-state index in [1.165, 1.54) is 0 Å². The van der Waals surface area contributed by atoms with E-state index in [1.54, 1.807) is 0 Å². The van der Waals surface area contributed by atoms with Gasteiger partial charge in [0.15, 0.2) is 0 Å². The first-order valence-corrected chi connectivity index (χ1v) is 4.72. The predicted octanol–water partition coefficient (Wildman–Crippen LogP) is -3.61. The summed E-state index contributed by atoms with van der Waals surface area (Å²) in [7, 11) is -4.25. The number of rotatable bonds is 7. The van der Waals surface area contributed by atoms with Gasteiger partial charge < -0.3 is 14.9 Å². The Kier molecular flexibility index (Phi) is 11.4. The predicted molar refractivity (Wildman–Crippen MR) is 42.8 cm³/mol. The third kappa shape index (κ3) is 16.2. The van der Waals surface area contributed by atoms with Crippen molar-refractivity contribution in [2.24, 2.45) is 20.8 Å². The zero-order chi connectivity index (χ0) is 10.9. The van der Waals surface area contributed by atoms with Crippen molar-refractivity contribution in [3.63, 3.8) is 0 Å². The van der Waals surface area contributed by atoms with Crippen molar-refractivity contribution in [3.05, 3.63) is 5.53 Å². The summed E-state index contributed by atoms with van der Waals surface area (Å²) in [6.45, 7) is -0.181. The van der Waals surface area contributed by atoms with Crippen LogP contribution in [0.4, 0.5) is 0 Å². The van der Waals surface area contributed by atoms with Crippen LogP contribution in [-0.4, -0.2) is 31.7 Å². The molecule has 12 heteroatoms. The SMILES string of the molecule is [N-]=N/N=N/N=C/ONCCS(=O)(=O)[O-].[Na+]. The molecular formula is C3H6N6NaO4S-. The first-order chi connectivity index (χ1) is 6.56. The average Bonchev–Trinajstić information content (AvgIpc) is 2.08. The summed E-state index contributed by atoms with van der Waals surface area (Å²) in [6, 6.07) is 0. The molecule has 1 N–H and O–H groups in total. The Hall–Kier alpha value is -0.460. The van der Waals surface area contributed by atoms with Crippen LogP contribution in [0.25, 0.3) is 5.53 Å². The van der Waals surface area contributed by atoms with E-state index in [9.17, 15) is 13.0 Å². The molecule has 0 amide bonds. The van der Waals surface area contributed by atoms with Crippen molar-refractivity contribution >= 4 is 16.5 Å². The quantitative estimate of drug-likeness (QED) is 0.0933. The molecule has 0 saturated heterocycles. The number of hydroxylamine groups is 1. The van der Waals surface area contributed by atoms with Crippen LogP contribution in [0.3, 0.4) is 0 Å². The van der Waals surface area contributed by atoms with Crippen molar-refractivity contribution in [2.45, 2.75) is 0 Å². The number of nitrogens with one attached hydrogen (secondary N) is 1. The second-order valence-electron chi connectivity index (χ2n) is 1.76. The van der Waals surface area contributed by atoms with Gasteiger partial charge in [0, 0.05) is 6.54 Å². The zero-order valence-electron chi connectivity index (χ0n) is 7.77. The Morgan fingerprint density at radius 1 is 1.47 bits per heavy atom. The van der Waals surface area contributed by atoms with Crippen molar-refractivity contribution < 1.29 is 47.4 Å². The van der Waals surface area contributed by atoms with Gasteiger partial charge in [-0.15, -0.1) is 10.3 Å². The first kappa shape index (κ1) is 17.0. The summed E-state index contributed by atoms with van der Waals surface area (Å²) >= 11 is 0. The summed E-state index contributed by atoms with van der Waals surface area (Å²) in [4.78, 5) is 4.35. The van der Waals surface area contributed by atoms with Crippen molar-refractivity contribution in [3.8, 4) is 0 Å². The van der Waals surface area contributed by atoms with Gasteiger partial charge in [0.1, 0.15) is 0 Å². The molecule has 0 aromatic rings. The standard InChI is InChI=1S/C3H7N6O4S.Na/c4-7-9-8-5-3-13-6-1-2-14(10,11)12;/h3,6H,1-2H2,(H,10,11,12);/q-1;+1/p-1/b5-3+,9-8+;. The minimum Gasteiger partial charge on any atom is -0.748 e. The molecule has 0 aromatic heterocycles. The number of hydrogen-bond donors (Lipinski definition) is 1. The van der Waals surface area contributed by atoms with Gasteiger partial charge in [-0.05, 0) is 0 Å². The molecule has 10 nitrogen and oxygen atoms in total. The Balaban J connectivity index is 0. The van der Waals surface area contributed by atoms with Crippen LogP contribution in [0.5, 0.6) is 0 Å². The molecule has 0 aromatic carbocycles. The van der Waals surface area contributed by atoms with E-state index in [0.29, 0.717) is 0 Å². The fourth-order valence-electron chi connectivity index (χ4n) is 0.348. The number of nitrogens with zero attached hydrogens (tertiary/aromatic N) is 5. The van der Waals surface area contributed by atoms with Gasteiger partial charge in [0.05, 0.1) is 15.9 Å². The summed E-state index contributed by atoms with van der Waals surface area (Å²) in [6.07, 6.45) is 0.770. The molecule has 80 valence electrons. The molecule has 0 aliphatic rings. The van der Waals surface area contributed by atoms with E-state index < -0.39 is 15.9 Å². The maximum Gasteiger partial charge on any atom is 1.00 e. The maximum atomic E-state index is 10.0. The van der Waals surface area contributed by atoms with Gasteiger partial charge in [-0.3, -0.25) is 5.22 Å². The van der Waals surface area contributed by atoms with E-state index in [0.717, 1.165) is 6.40 Å². The molecule has 15 heavy (non-hydrogen) atoms. The molecule has 0 unspecified atom stereocenters. The van der Waals surface area contributed by atoms with E-state index in [1.807, 2.05) is 0 Å². The minimum atomic E-state index is -4.25. The molecule has 0 aliphatic heterocycles. The van der Waals surface area contributed by atoms with Crippen LogP contribution < -0.4 is 35.0 Å². The van der Waals surface area contributed by atoms with E-state index in [4.69, 9.17) is 5.53 Å². The second-order valence-corrected chi connectivity index (χ2v) is 3.29. The summed E-state index contributed by atoms with van der Waals surface area (Å²) in [5.74, 6) is -0.603. The van der Waals surface area contributed by atoms with Gasteiger partial charge in [0.25, 0.3) is 0 Å². The molecule has 0 atom stereocenters. The van der Waals surface area contributed by atoms with E-state index in [2.05, 4.69) is 31.1 Å². The normalized spacial score (nSPS) is 11.5. The van der Waals surface area contributed by atoms with Crippen molar-refractivity contribution in [2.75, 3.05) is 12.3 Å². The van der Waals surface area contributed by atoms with Crippen LogP contribution in [0, 0.1) is 0 Å². The number of hydrogen-bond acceptors (Lipinski definition) is 6. The van der Waals surface area contributed by atoms with Crippen LogP contribution in [0.15, 0.2) is 20.8 Å². The summed E-state index contributed by atoms with van der Waals surface area (Å²) in [5, 5.41) is 10.9. The molecule has 0 saturated carbocycles. The summed E-state index contributed by atoms with van der Waals surface area (Å²) in [5.41, 5.74) is 9.82. The van der Waals surface area contributed by atoms with Gasteiger partial charge in [-0.2, -0.15) is 5.48 Å². The van der Waals surface area contributed by atoms with E-state index >= 15 is 0 Å². The Bertz CT molecular complexity index is 314. The fourth-order valence-corrected chi connectivity index (χ4v) is 0.682. The summed E-state index contributed by atoms with van der Waals surface area (Å²) < 4.78 is 30.1. The van der Waals surface area contributed by atoms with Crippen LogP contribution in [0.2, 0.25) is 0 Å². The zero-order valence-corrected chi connectivity index (χ0v) is 10.6. The van der Waals surface area contributed by atoms with Crippen LogP contribution in [0.1, 0.15) is 0 Å². The minimum absolute atomic E-state index is 0. The largest absolute Gasteiger partial charge is 1.00 e. The first-order valence-electron chi connectivity index (χ1n) is 3.14.